The summed E-state index contributed by atoms with van der Waals surface area (Å²) in [7, 11) is 0. The van der Waals surface area contributed by atoms with Crippen molar-refractivity contribution in [1.29, 1.82) is 0 Å². The van der Waals surface area contributed by atoms with E-state index in [0.717, 1.165) is 0 Å². The molecule has 0 aromatic heterocycles. The molecule has 0 aromatic rings. The maximum Gasteiger partial charge on any atom is 0.309 e. The Balaban J connectivity index is 2.07. The van der Waals surface area contributed by atoms with E-state index in [9.17, 15) is 25.5 Å². The van der Waals surface area contributed by atoms with Crippen LogP contribution in [0.4, 0.5) is 0 Å². The molecule has 3 saturated heterocycles. The fourth-order valence-corrected chi connectivity index (χ4v) is 5.84. The van der Waals surface area contributed by atoms with E-state index in [1.807, 2.05) is 6.92 Å². The summed E-state index contributed by atoms with van der Waals surface area (Å²) in [6, 6.07) is 0. The van der Waals surface area contributed by atoms with Crippen LogP contribution < -0.4 is 0 Å². The molecule has 22 heavy (non-hydrogen) atoms. The normalized spacial score (nSPS) is 69.8. The fraction of sp³-hybridized carbons (Fsp3) is 1.00. The number of hydrogen-bond donors (Lipinski definition) is 5. The van der Waals surface area contributed by atoms with Gasteiger partial charge in [0, 0.05) is 5.41 Å². The van der Waals surface area contributed by atoms with Gasteiger partial charge in [0.1, 0.15) is 11.7 Å². The number of aliphatic hydroxyl groups is 5. The maximum absolute atomic E-state index is 11.6. The lowest BCUT2D eigenvalue weighted by molar-refractivity contribution is -0.460. The Kier molecular flexibility index (Phi) is 2.56. The maximum atomic E-state index is 11.6. The van der Waals surface area contributed by atoms with Crippen LogP contribution in [0.5, 0.6) is 0 Å². The molecule has 5 rings (SSSR count). The van der Waals surface area contributed by atoms with Crippen molar-refractivity contribution in [2.24, 2.45) is 16.7 Å². The zero-order chi connectivity index (χ0) is 16.3. The van der Waals surface area contributed by atoms with E-state index in [2.05, 4.69) is 0 Å². The summed E-state index contributed by atoms with van der Waals surface area (Å²) in [4.78, 5) is 0. The Morgan fingerprint density at radius 2 is 1.73 bits per heavy atom. The van der Waals surface area contributed by atoms with Gasteiger partial charge in [0.15, 0.2) is 0 Å². The molecule has 5 fully saturated rings. The molecule has 7 nitrogen and oxygen atoms in total. The van der Waals surface area contributed by atoms with Gasteiger partial charge < -0.3 is 35.0 Å². The summed E-state index contributed by atoms with van der Waals surface area (Å²) < 4.78 is 10.9. The lowest BCUT2D eigenvalue weighted by Crippen LogP contribution is -2.82. The van der Waals surface area contributed by atoms with Crippen molar-refractivity contribution in [3.63, 3.8) is 0 Å². The van der Waals surface area contributed by atoms with Gasteiger partial charge in [-0.15, -0.1) is 0 Å². The van der Waals surface area contributed by atoms with E-state index >= 15 is 0 Å². The summed E-state index contributed by atoms with van der Waals surface area (Å²) >= 11 is 0. The standard InChI is InChI=1S/C15H24O7/c1-7-4-8(16)14(19)11(2)6-21-15(20)10(17)13(7,14)5-9(22-15)12(11,3)18/h7-10,16-20H,4-6H2,1-3H3/t7-,8-,9-,10-,11-,12+,13+,14+,15+/m1/s1. The molecule has 126 valence electrons. The number of aliphatic hydroxyl groups excluding tert-OH is 2. The van der Waals surface area contributed by atoms with Gasteiger partial charge in [-0.2, -0.15) is 0 Å². The average Bonchev–Trinajstić information content (AvgIpc) is 2.58. The molecular formula is C15H24O7. The Hall–Kier alpha value is -0.280. The van der Waals surface area contributed by atoms with Crippen molar-refractivity contribution < 1.29 is 35.0 Å². The van der Waals surface area contributed by atoms with Crippen LogP contribution in [0, 0.1) is 16.7 Å². The van der Waals surface area contributed by atoms with E-state index < -0.39 is 46.3 Å². The molecule has 1 spiro atoms. The monoisotopic (exact) mass is 316 g/mol. The third-order valence-electron chi connectivity index (χ3n) is 7.47. The van der Waals surface area contributed by atoms with Gasteiger partial charge in [0.25, 0.3) is 0 Å². The van der Waals surface area contributed by atoms with Crippen LogP contribution in [0.15, 0.2) is 0 Å². The SMILES string of the molecule is C[C@@H]1C[C@@H](O)[C@@]2(O)[C@@]13C[C@H]1O[C@@](O)(OC[C@]2(C)[C@@]1(C)O)[C@@H]3O. The summed E-state index contributed by atoms with van der Waals surface area (Å²) in [6.07, 6.45) is -3.01. The highest BCUT2D eigenvalue weighted by Gasteiger charge is 2.86. The average molecular weight is 316 g/mol. The minimum absolute atomic E-state index is 0.150. The highest BCUT2D eigenvalue weighted by Crippen LogP contribution is 2.73. The molecule has 9 atom stereocenters. The Bertz CT molecular complexity index is 530. The molecule has 2 aliphatic carbocycles. The molecule has 0 amide bonds. The summed E-state index contributed by atoms with van der Waals surface area (Å²) in [5.41, 5.74) is -5.80. The van der Waals surface area contributed by atoms with Crippen LogP contribution in [0.1, 0.15) is 33.6 Å². The lowest BCUT2D eigenvalue weighted by Gasteiger charge is -2.67. The Morgan fingerprint density at radius 1 is 1.09 bits per heavy atom. The van der Waals surface area contributed by atoms with Gasteiger partial charge >= 0.3 is 5.97 Å². The lowest BCUT2D eigenvalue weighted by atomic mass is 9.44. The van der Waals surface area contributed by atoms with E-state index in [0.29, 0.717) is 0 Å². The van der Waals surface area contributed by atoms with E-state index in [-0.39, 0.29) is 25.4 Å². The molecule has 4 bridgehead atoms. The highest BCUT2D eigenvalue weighted by molar-refractivity contribution is 5.32. The molecule has 7 heteroatoms. The minimum Gasteiger partial charge on any atom is -0.390 e. The third kappa shape index (κ3) is 1.14. The van der Waals surface area contributed by atoms with E-state index in [4.69, 9.17) is 9.47 Å². The first-order chi connectivity index (χ1) is 9.97. The molecule has 0 aromatic carbocycles. The van der Waals surface area contributed by atoms with Gasteiger partial charge in [-0.05, 0) is 25.7 Å². The van der Waals surface area contributed by atoms with Crippen LogP contribution in [0.3, 0.4) is 0 Å². The number of ether oxygens (including phenoxy) is 2. The second-order valence-electron chi connectivity index (χ2n) is 8.07. The summed E-state index contributed by atoms with van der Waals surface area (Å²) in [5.74, 6) is -2.55. The van der Waals surface area contributed by atoms with Crippen molar-refractivity contribution in [1.82, 2.24) is 0 Å². The fourth-order valence-electron chi connectivity index (χ4n) is 5.84. The number of hydrogen-bond acceptors (Lipinski definition) is 7. The Morgan fingerprint density at radius 3 is 2.36 bits per heavy atom. The molecule has 5 N–H and O–H groups in total. The van der Waals surface area contributed by atoms with Crippen molar-refractivity contribution in [2.75, 3.05) is 6.61 Å². The van der Waals surface area contributed by atoms with Gasteiger partial charge in [-0.3, -0.25) is 0 Å². The highest BCUT2D eigenvalue weighted by atomic mass is 16.8. The van der Waals surface area contributed by atoms with Crippen LogP contribution in [-0.2, 0) is 9.47 Å². The zero-order valence-electron chi connectivity index (χ0n) is 13.0. The van der Waals surface area contributed by atoms with Gasteiger partial charge in [-0.25, -0.2) is 0 Å². The first-order valence-electron chi connectivity index (χ1n) is 7.82. The van der Waals surface area contributed by atoms with Crippen LogP contribution in [0.2, 0.25) is 0 Å². The predicted molar refractivity (Wildman–Crippen MR) is 72.3 cm³/mol. The summed E-state index contributed by atoms with van der Waals surface area (Å²) in [6.45, 7) is 4.76. The zero-order valence-corrected chi connectivity index (χ0v) is 13.0. The first kappa shape index (κ1) is 15.3. The van der Waals surface area contributed by atoms with E-state index in [1.165, 1.54) is 6.92 Å². The number of fused-ring (bicyclic) bond motifs is 1. The molecule has 0 radical (unpaired) electrons. The topological polar surface area (TPSA) is 120 Å². The smallest absolute Gasteiger partial charge is 0.309 e. The second-order valence-corrected chi connectivity index (χ2v) is 8.07. The van der Waals surface area contributed by atoms with Crippen molar-refractivity contribution in [3.8, 4) is 0 Å². The predicted octanol–water partition coefficient (Wildman–Crippen LogP) is -1.30. The van der Waals surface area contributed by atoms with Crippen LogP contribution in [-0.4, -0.2) is 67.6 Å². The quantitative estimate of drug-likeness (QED) is 0.377. The van der Waals surface area contributed by atoms with Crippen LogP contribution >= 0.6 is 0 Å². The third-order valence-corrected chi connectivity index (χ3v) is 7.47. The van der Waals surface area contributed by atoms with Crippen molar-refractivity contribution in [3.05, 3.63) is 0 Å². The number of rotatable bonds is 0. The molecular weight excluding hydrogens is 292 g/mol. The van der Waals surface area contributed by atoms with Gasteiger partial charge in [-0.1, -0.05) is 13.8 Å². The van der Waals surface area contributed by atoms with E-state index in [1.54, 1.807) is 6.92 Å². The van der Waals surface area contributed by atoms with Gasteiger partial charge in [0.05, 0.1) is 29.8 Å². The van der Waals surface area contributed by atoms with Crippen LogP contribution in [0.25, 0.3) is 0 Å². The molecule has 3 heterocycles. The van der Waals surface area contributed by atoms with Crippen molar-refractivity contribution >= 4 is 0 Å². The molecule has 2 saturated carbocycles. The summed E-state index contributed by atoms with van der Waals surface area (Å²) in [5, 5.41) is 54.8. The molecule has 0 unspecified atom stereocenters. The van der Waals surface area contributed by atoms with Crippen molar-refractivity contribution in [2.45, 2.75) is 69.1 Å². The second kappa shape index (κ2) is 3.69. The molecule has 3 aliphatic heterocycles. The molecule has 5 aliphatic rings. The largest absolute Gasteiger partial charge is 0.390 e. The minimum atomic E-state index is -2.28. The Labute approximate surface area is 128 Å². The van der Waals surface area contributed by atoms with Gasteiger partial charge in [0.2, 0.25) is 0 Å². The first-order valence-corrected chi connectivity index (χ1v) is 7.82.